The third-order valence-electron chi connectivity index (χ3n) is 5.35. The van der Waals surface area contributed by atoms with E-state index < -0.39 is 37.4 Å². The maximum atomic E-state index is 13.1. The smallest absolute Gasteiger partial charge is 0.405 e. The first kappa shape index (κ1) is 24.4. The van der Waals surface area contributed by atoms with E-state index in [9.17, 15) is 27.9 Å². The topological polar surface area (TPSA) is 153 Å². The second-order valence-corrected chi connectivity index (χ2v) is 7.91. The van der Waals surface area contributed by atoms with Gasteiger partial charge in [0, 0.05) is 13.1 Å². The third kappa shape index (κ3) is 5.68. The molecule has 188 valence electrons. The monoisotopic (exact) mass is 497 g/mol. The maximum absolute atomic E-state index is 13.1. The number of hydrogen-bond acceptors (Lipinski definition) is 9. The zero-order valence-corrected chi connectivity index (χ0v) is 18.2. The van der Waals surface area contributed by atoms with Gasteiger partial charge in [0.15, 0.2) is 11.6 Å². The molecule has 1 unspecified atom stereocenters. The quantitative estimate of drug-likeness (QED) is 0.429. The van der Waals surface area contributed by atoms with Crippen LogP contribution >= 0.6 is 0 Å². The van der Waals surface area contributed by atoms with Gasteiger partial charge < -0.3 is 25.2 Å². The van der Waals surface area contributed by atoms with Crippen LogP contribution in [0, 0.1) is 0 Å². The number of hydrogen-bond donors (Lipinski definition) is 4. The molecule has 0 aliphatic carbocycles. The molecule has 2 aromatic heterocycles. The SMILES string of the molecule is O=C(NCC(F)(F)F)c1ccc2c(n1)N(C(=O)Nc1cnc(OC[C@@H](O)CO)cn1)C1CCN2C1. The van der Waals surface area contributed by atoms with E-state index in [-0.39, 0.29) is 35.9 Å². The van der Waals surface area contributed by atoms with Gasteiger partial charge in [-0.3, -0.25) is 15.0 Å². The zero-order valence-electron chi connectivity index (χ0n) is 18.2. The van der Waals surface area contributed by atoms with Crippen molar-refractivity contribution >= 4 is 29.3 Å². The van der Waals surface area contributed by atoms with Gasteiger partial charge in [0.2, 0.25) is 5.88 Å². The van der Waals surface area contributed by atoms with Crippen LogP contribution in [0.1, 0.15) is 16.9 Å². The fourth-order valence-electron chi connectivity index (χ4n) is 3.73. The lowest BCUT2D eigenvalue weighted by atomic mass is 10.1. The molecule has 2 aliphatic rings. The number of rotatable bonds is 7. The second kappa shape index (κ2) is 9.87. The molecular formula is C20H22F3N7O5. The van der Waals surface area contributed by atoms with Crippen molar-refractivity contribution in [2.24, 2.45) is 0 Å². The number of nitrogens with zero attached hydrogens (tertiary/aromatic N) is 5. The number of aromatic nitrogens is 3. The summed E-state index contributed by atoms with van der Waals surface area (Å²) < 4.78 is 42.6. The Bertz CT molecular complexity index is 1090. The molecule has 12 nitrogen and oxygen atoms in total. The van der Waals surface area contributed by atoms with E-state index in [1.807, 2.05) is 4.90 Å². The second-order valence-electron chi connectivity index (χ2n) is 7.91. The number of alkyl halides is 3. The summed E-state index contributed by atoms with van der Waals surface area (Å²) >= 11 is 0. The maximum Gasteiger partial charge on any atom is 0.405 e. The Hall–Kier alpha value is -3.72. The molecule has 2 aromatic rings. The first-order valence-electron chi connectivity index (χ1n) is 10.6. The van der Waals surface area contributed by atoms with Gasteiger partial charge in [-0.25, -0.2) is 19.7 Å². The van der Waals surface area contributed by atoms with E-state index in [4.69, 9.17) is 9.84 Å². The van der Waals surface area contributed by atoms with Gasteiger partial charge in [0.1, 0.15) is 24.9 Å². The molecule has 4 rings (SSSR count). The van der Waals surface area contributed by atoms with Gasteiger partial charge in [-0.2, -0.15) is 13.2 Å². The molecule has 2 aliphatic heterocycles. The normalized spacial score (nSPS) is 17.6. The lowest BCUT2D eigenvalue weighted by molar-refractivity contribution is -0.123. The molecule has 3 amide bonds. The number of amides is 3. The number of fused-ring (bicyclic) bond motifs is 4. The van der Waals surface area contributed by atoms with Crippen LogP contribution in [0.5, 0.6) is 5.88 Å². The fraction of sp³-hybridized carbons (Fsp3) is 0.450. The molecule has 4 heterocycles. The van der Waals surface area contributed by atoms with Gasteiger partial charge in [0.25, 0.3) is 5.91 Å². The summed E-state index contributed by atoms with van der Waals surface area (Å²) in [5.74, 6) is -0.694. The highest BCUT2D eigenvalue weighted by Crippen LogP contribution is 2.39. The van der Waals surface area contributed by atoms with Gasteiger partial charge in [-0.05, 0) is 18.6 Å². The number of nitrogens with one attached hydrogen (secondary N) is 2. The van der Waals surface area contributed by atoms with Crippen molar-refractivity contribution in [3.63, 3.8) is 0 Å². The predicted octanol–water partition coefficient (Wildman–Crippen LogP) is 0.526. The van der Waals surface area contributed by atoms with Gasteiger partial charge >= 0.3 is 12.2 Å². The minimum Gasteiger partial charge on any atom is -0.474 e. The largest absolute Gasteiger partial charge is 0.474 e. The molecule has 1 saturated heterocycles. The summed E-state index contributed by atoms with van der Waals surface area (Å²) in [4.78, 5) is 40.9. The standard InChI is InChI=1S/C20H22F3N7O5/c21-20(22,23)10-26-18(33)13-1-2-14-17(27-13)30(11-3-4-29(14)7-11)19(34)28-15-5-25-16(6-24-15)35-9-12(32)8-31/h1-2,5-6,11-12,31-32H,3-4,7-10H2,(H,26,33)(H,24,28,34)/t11?,12-/m0/s1. The van der Waals surface area contributed by atoms with Crippen LogP contribution in [0.3, 0.4) is 0 Å². The van der Waals surface area contributed by atoms with E-state index in [1.54, 1.807) is 11.4 Å². The molecule has 0 aromatic carbocycles. The number of aliphatic hydroxyl groups is 2. The van der Waals surface area contributed by atoms with Crippen molar-refractivity contribution in [3.05, 3.63) is 30.2 Å². The van der Waals surface area contributed by atoms with Crippen LogP contribution in [0.15, 0.2) is 24.5 Å². The number of ether oxygens (including phenoxy) is 1. The molecular weight excluding hydrogens is 475 g/mol. The molecule has 0 saturated carbocycles. The number of aliphatic hydroxyl groups excluding tert-OH is 2. The number of urea groups is 1. The number of halogens is 3. The van der Waals surface area contributed by atoms with Crippen molar-refractivity contribution in [1.29, 1.82) is 0 Å². The van der Waals surface area contributed by atoms with Crippen LogP contribution in [-0.4, -0.2) is 88.3 Å². The number of anilines is 3. The van der Waals surface area contributed by atoms with Crippen molar-refractivity contribution in [1.82, 2.24) is 20.3 Å². The average Bonchev–Trinajstić information content (AvgIpc) is 3.25. The lowest BCUT2D eigenvalue weighted by Crippen LogP contribution is -2.48. The first-order chi connectivity index (χ1) is 16.6. The summed E-state index contributed by atoms with van der Waals surface area (Å²) in [5, 5.41) is 22.5. The van der Waals surface area contributed by atoms with Crippen molar-refractivity contribution in [3.8, 4) is 5.88 Å². The Labute approximate surface area is 196 Å². The molecule has 4 N–H and O–H groups in total. The van der Waals surface area contributed by atoms with Crippen LogP contribution < -0.4 is 25.2 Å². The van der Waals surface area contributed by atoms with Gasteiger partial charge in [-0.1, -0.05) is 0 Å². The first-order valence-corrected chi connectivity index (χ1v) is 10.6. The summed E-state index contributed by atoms with van der Waals surface area (Å²) in [5.41, 5.74) is 0.332. The van der Waals surface area contributed by atoms with Crippen LogP contribution in [0.4, 0.5) is 35.3 Å². The van der Waals surface area contributed by atoms with E-state index in [0.717, 1.165) is 0 Å². The number of carbonyl (C=O) groups is 2. The highest BCUT2D eigenvalue weighted by molar-refractivity contribution is 6.04. The minimum absolute atomic E-state index is 0.0708. The zero-order chi connectivity index (χ0) is 25.2. The summed E-state index contributed by atoms with van der Waals surface area (Å²) in [6.45, 7) is -0.982. The summed E-state index contributed by atoms with van der Waals surface area (Å²) in [6.07, 6.45) is -2.55. The predicted molar refractivity (Wildman–Crippen MR) is 115 cm³/mol. The summed E-state index contributed by atoms with van der Waals surface area (Å²) in [6, 6.07) is 2.01. The highest BCUT2D eigenvalue weighted by Gasteiger charge is 2.40. The van der Waals surface area contributed by atoms with Crippen molar-refractivity contribution in [2.75, 3.05) is 48.0 Å². The average molecular weight is 497 g/mol. The Morgan fingerprint density at radius 1 is 1.26 bits per heavy atom. The molecule has 1 fully saturated rings. The molecule has 2 bridgehead atoms. The van der Waals surface area contributed by atoms with Crippen molar-refractivity contribution in [2.45, 2.75) is 24.7 Å². The third-order valence-corrected chi connectivity index (χ3v) is 5.35. The van der Waals surface area contributed by atoms with Gasteiger partial charge in [0.05, 0.1) is 30.7 Å². The highest BCUT2D eigenvalue weighted by atomic mass is 19.4. The Morgan fingerprint density at radius 3 is 2.74 bits per heavy atom. The van der Waals surface area contributed by atoms with E-state index in [2.05, 4.69) is 20.3 Å². The van der Waals surface area contributed by atoms with E-state index in [0.29, 0.717) is 25.2 Å². The fourth-order valence-corrected chi connectivity index (χ4v) is 3.73. The minimum atomic E-state index is -4.57. The van der Waals surface area contributed by atoms with Crippen LogP contribution in [0.2, 0.25) is 0 Å². The van der Waals surface area contributed by atoms with Crippen molar-refractivity contribution < 1.29 is 37.7 Å². The molecule has 0 radical (unpaired) electrons. The van der Waals surface area contributed by atoms with E-state index in [1.165, 1.54) is 23.4 Å². The Kier molecular flexibility index (Phi) is 6.88. The van der Waals surface area contributed by atoms with E-state index >= 15 is 0 Å². The Morgan fingerprint density at radius 2 is 2.06 bits per heavy atom. The number of carbonyl (C=O) groups excluding carboxylic acids is 2. The number of pyridine rings is 1. The lowest BCUT2D eigenvalue weighted by Gasteiger charge is -2.35. The van der Waals surface area contributed by atoms with Crippen LogP contribution in [-0.2, 0) is 0 Å². The molecule has 35 heavy (non-hydrogen) atoms. The summed E-state index contributed by atoms with van der Waals surface area (Å²) in [7, 11) is 0. The Balaban J connectivity index is 1.50. The molecule has 0 spiro atoms. The van der Waals surface area contributed by atoms with Gasteiger partial charge in [-0.15, -0.1) is 0 Å². The molecule has 2 atom stereocenters. The molecule has 15 heteroatoms. The van der Waals surface area contributed by atoms with Crippen LogP contribution in [0.25, 0.3) is 0 Å².